The summed E-state index contributed by atoms with van der Waals surface area (Å²) in [6, 6.07) is 3.56. The second kappa shape index (κ2) is 7.33. The molecule has 2 rings (SSSR count). The maximum atomic E-state index is 12.7. The van der Waals surface area contributed by atoms with Crippen LogP contribution in [0.1, 0.15) is 36.5 Å². The Morgan fingerprint density at radius 2 is 2.18 bits per heavy atom. The monoisotopic (exact) mass is 370 g/mol. The van der Waals surface area contributed by atoms with Gasteiger partial charge < -0.3 is 20.1 Å². The van der Waals surface area contributed by atoms with Gasteiger partial charge in [-0.3, -0.25) is 4.79 Å². The van der Waals surface area contributed by atoms with Gasteiger partial charge in [0.25, 0.3) is 5.91 Å². The lowest BCUT2D eigenvalue weighted by Gasteiger charge is -2.28. The van der Waals surface area contributed by atoms with Crippen LogP contribution in [0.3, 0.4) is 0 Å². The number of rotatable bonds is 6. The highest BCUT2D eigenvalue weighted by molar-refractivity contribution is 9.10. The summed E-state index contributed by atoms with van der Waals surface area (Å²) in [4.78, 5) is 12.7. The molecular formula is C16H23BrN2O3. The third kappa shape index (κ3) is 3.38. The molecule has 0 aromatic heterocycles. The summed E-state index contributed by atoms with van der Waals surface area (Å²) in [6.45, 7) is 3.75. The fourth-order valence-electron chi connectivity index (χ4n) is 2.91. The lowest BCUT2D eigenvalue weighted by atomic mass is 9.94. The predicted octanol–water partition coefficient (Wildman–Crippen LogP) is 2.73. The van der Waals surface area contributed by atoms with Gasteiger partial charge in [0.2, 0.25) is 0 Å². The SMILES string of the molecule is CC[C@@]1(CNC(=O)c2c(OC)ccc(Br)c2OC)CCCN1. The molecule has 0 radical (unpaired) electrons. The Balaban J connectivity index is 2.20. The van der Waals surface area contributed by atoms with Crippen molar-refractivity contribution in [2.45, 2.75) is 31.7 Å². The molecule has 0 spiro atoms. The molecule has 0 bridgehead atoms. The van der Waals surface area contributed by atoms with Crippen molar-refractivity contribution in [1.29, 1.82) is 0 Å². The zero-order chi connectivity index (χ0) is 16.2. The van der Waals surface area contributed by atoms with Crippen LogP contribution in [0.15, 0.2) is 16.6 Å². The van der Waals surface area contributed by atoms with Crippen molar-refractivity contribution >= 4 is 21.8 Å². The third-order valence-corrected chi connectivity index (χ3v) is 4.94. The molecule has 0 saturated carbocycles. The Morgan fingerprint density at radius 1 is 1.41 bits per heavy atom. The van der Waals surface area contributed by atoms with Crippen LogP contribution in [0, 0.1) is 0 Å². The van der Waals surface area contributed by atoms with Gasteiger partial charge in [-0.1, -0.05) is 6.92 Å². The third-order valence-electron chi connectivity index (χ3n) is 4.32. The maximum Gasteiger partial charge on any atom is 0.258 e. The largest absolute Gasteiger partial charge is 0.496 e. The molecular weight excluding hydrogens is 348 g/mol. The summed E-state index contributed by atoms with van der Waals surface area (Å²) in [6.07, 6.45) is 3.21. The Hall–Kier alpha value is -1.27. The van der Waals surface area contributed by atoms with Crippen molar-refractivity contribution in [3.63, 3.8) is 0 Å². The van der Waals surface area contributed by atoms with Crippen LogP contribution < -0.4 is 20.1 Å². The molecule has 1 amide bonds. The van der Waals surface area contributed by atoms with Crippen molar-refractivity contribution in [2.24, 2.45) is 0 Å². The summed E-state index contributed by atoms with van der Waals surface area (Å²) in [5.74, 6) is 0.806. The molecule has 122 valence electrons. The topological polar surface area (TPSA) is 59.6 Å². The zero-order valence-corrected chi connectivity index (χ0v) is 14.9. The van der Waals surface area contributed by atoms with E-state index in [2.05, 4.69) is 33.5 Å². The van der Waals surface area contributed by atoms with E-state index in [1.165, 1.54) is 0 Å². The average Bonchev–Trinajstić information content (AvgIpc) is 3.01. The molecule has 2 N–H and O–H groups in total. The van der Waals surface area contributed by atoms with Crippen LogP contribution >= 0.6 is 15.9 Å². The van der Waals surface area contributed by atoms with Crippen molar-refractivity contribution in [2.75, 3.05) is 27.3 Å². The van der Waals surface area contributed by atoms with Crippen LogP contribution in [-0.2, 0) is 0 Å². The van der Waals surface area contributed by atoms with Gasteiger partial charge in [-0.15, -0.1) is 0 Å². The van der Waals surface area contributed by atoms with E-state index in [0.29, 0.717) is 23.6 Å². The van der Waals surface area contributed by atoms with Crippen molar-refractivity contribution in [3.05, 3.63) is 22.2 Å². The van der Waals surface area contributed by atoms with Gasteiger partial charge in [-0.25, -0.2) is 0 Å². The molecule has 1 aromatic carbocycles. The molecule has 1 atom stereocenters. The van der Waals surface area contributed by atoms with Gasteiger partial charge in [0.1, 0.15) is 17.1 Å². The fourth-order valence-corrected chi connectivity index (χ4v) is 3.40. The quantitative estimate of drug-likeness (QED) is 0.808. The predicted molar refractivity (Wildman–Crippen MR) is 89.8 cm³/mol. The Kier molecular flexibility index (Phi) is 5.69. The first-order chi connectivity index (χ1) is 10.6. The van der Waals surface area contributed by atoms with Gasteiger partial charge in [0.05, 0.1) is 18.7 Å². The van der Waals surface area contributed by atoms with E-state index >= 15 is 0 Å². The van der Waals surface area contributed by atoms with Crippen LogP contribution in [0.25, 0.3) is 0 Å². The molecule has 22 heavy (non-hydrogen) atoms. The Morgan fingerprint density at radius 3 is 2.73 bits per heavy atom. The standard InChI is InChI=1S/C16H23BrN2O3/c1-4-16(8-5-9-19-16)10-18-15(20)13-12(21-2)7-6-11(17)14(13)22-3/h6-7,19H,4-5,8-10H2,1-3H3,(H,18,20)/t16-/m0/s1. The van der Waals surface area contributed by atoms with Crippen LogP contribution in [-0.4, -0.2) is 38.8 Å². The molecule has 1 aliphatic rings. The lowest BCUT2D eigenvalue weighted by Crippen LogP contribution is -2.49. The number of carbonyl (C=O) groups is 1. The lowest BCUT2D eigenvalue weighted by molar-refractivity contribution is 0.0933. The molecule has 5 nitrogen and oxygen atoms in total. The normalized spacial score (nSPS) is 20.7. The van der Waals surface area contributed by atoms with Crippen LogP contribution in [0.5, 0.6) is 11.5 Å². The summed E-state index contributed by atoms with van der Waals surface area (Å²) in [5, 5.41) is 6.54. The molecule has 1 aliphatic heterocycles. The van der Waals surface area contributed by atoms with E-state index in [9.17, 15) is 4.79 Å². The first-order valence-electron chi connectivity index (χ1n) is 7.50. The van der Waals surface area contributed by atoms with Crippen LogP contribution in [0.2, 0.25) is 0 Å². The summed E-state index contributed by atoms with van der Waals surface area (Å²) < 4.78 is 11.4. The molecule has 6 heteroatoms. The number of carbonyl (C=O) groups excluding carboxylic acids is 1. The van der Waals surface area contributed by atoms with Gasteiger partial charge in [-0.2, -0.15) is 0 Å². The minimum Gasteiger partial charge on any atom is -0.496 e. The van der Waals surface area contributed by atoms with Crippen molar-refractivity contribution in [3.8, 4) is 11.5 Å². The number of ether oxygens (including phenoxy) is 2. The van der Waals surface area contributed by atoms with Crippen LogP contribution in [0.4, 0.5) is 0 Å². The highest BCUT2D eigenvalue weighted by atomic mass is 79.9. The first-order valence-corrected chi connectivity index (χ1v) is 8.30. The number of amides is 1. The van der Waals surface area contributed by atoms with E-state index in [4.69, 9.17) is 9.47 Å². The second-order valence-electron chi connectivity index (χ2n) is 5.50. The second-order valence-corrected chi connectivity index (χ2v) is 6.36. The van der Waals surface area contributed by atoms with Gasteiger partial charge >= 0.3 is 0 Å². The minimum atomic E-state index is -0.184. The highest BCUT2D eigenvalue weighted by Crippen LogP contribution is 2.35. The minimum absolute atomic E-state index is 0.00213. The zero-order valence-electron chi connectivity index (χ0n) is 13.3. The molecule has 1 saturated heterocycles. The molecule has 0 aliphatic carbocycles. The number of hydrogen-bond acceptors (Lipinski definition) is 4. The summed E-state index contributed by atoms with van der Waals surface area (Å²) in [7, 11) is 3.09. The summed E-state index contributed by atoms with van der Waals surface area (Å²) in [5.41, 5.74) is 0.422. The van der Waals surface area contributed by atoms with E-state index in [-0.39, 0.29) is 11.4 Å². The number of benzene rings is 1. The molecule has 1 heterocycles. The highest BCUT2D eigenvalue weighted by Gasteiger charge is 2.32. The Labute approximate surface area is 139 Å². The number of halogens is 1. The molecule has 1 fully saturated rings. The number of nitrogens with one attached hydrogen (secondary N) is 2. The van der Waals surface area contributed by atoms with E-state index < -0.39 is 0 Å². The summed E-state index contributed by atoms with van der Waals surface area (Å²) >= 11 is 3.41. The smallest absolute Gasteiger partial charge is 0.258 e. The van der Waals surface area contributed by atoms with Gasteiger partial charge in [0.15, 0.2) is 0 Å². The van der Waals surface area contributed by atoms with E-state index in [1.807, 2.05) is 0 Å². The molecule has 1 aromatic rings. The number of methoxy groups -OCH3 is 2. The van der Waals surface area contributed by atoms with Gasteiger partial charge in [0, 0.05) is 12.1 Å². The fraction of sp³-hybridized carbons (Fsp3) is 0.562. The maximum absolute atomic E-state index is 12.7. The molecule has 0 unspecified atom stereocenters. The van der Waals surface area contributed by atoms with E-state index in [0.717, 1.165) is 30.3 Å². The van der Waals surface area contributed by atoms with Crippen molar-refractivity contribution < 1.29 is 14.3 Å². The van der Waals surface area contributed by atoms with Gasteiger partial charge in [-0.05, 0) is 53.9 Å². The van der Waals surface area contributed by atoms with E-state index in [1.54, 1.807) is 26.4 Å². The number of hydrogen-bond donors (Lipinski definition) is 2. The Bertz CT molecular complexity index is 542. The van der Waals surface area contributed by atoms with Crippen molar-refractivity contribution in [1.82, 2.24) is 10.6 Å². The average molecular weight is 371 g/mol. The first kappa shape index (κ1) is 17.1.